The lowest BCUT2D eigenvalue weighted by Gasteiger charge is -2.07. The number of aromatic nitrogens is 1. The second-order valence-corrected chi connectivity index (χ2v) is 5.34. The van der Waals surface area contributed by atoms with Gasteiger partial charge in [-0.1, -0.05) is 12.1 Å². The first-order chi connectivity index (χ1) is 8.77. The van der Waals surface area contributed by atoms with E-state index in [9.17, 15) is 21.6 Å². The third kappa shape index (κ3) is 2.16. The average molecular weight is 293 g/mol. The predicted octanol–water partition coefficient (Wildman–Crippen LogP) is 2.62. The molecule has 2 rings (SSSR count). The summed E-state index contributed by atoms with van der Waals surface area (Å²) < 4.78 is 64.5. The molecule has 1 aromatic heterocycles. The van der Waals surface area contributed by atoms with Crippen molar-refractivity contribution >= 4 is 25.8 Å². The summed E-state index contributed by atoms with van der Waals surface area (Å²) in [6.45, 7) is 0. The molecule has 0 aliphatic heterocycles. The van der Waals surface area contributed by atoms with Gasteiger partial charge in [0, 0.05) is 0 Å². The maximum atomic E-state index is 12.4. The SMILES string of the molecule is O=S(=O)(/C(=C\O)c1nc2ccccc2o1)C(F)(F)F. The summed E-state index contributed by atoms with van der Waals surface area (Å²) in [5, 5.41) is 8.76. The quantitative estimate of drug-likeness (QED) is 0.861. The Labute approximate surface area is 104 Å². The molecule has 0 unspecified atom stereocenters. The molecule has 19 heavy (non-hydrogen) atoms. The first-order valence-corrected chi connectivity index (χ1v) is 6.27. The van der Waals surface area contributed by atoms with Gasteiger partial charge in [-0.25, -0.2) is 13.4 Å². The van der Waals surface area contributed by atoms with E-state index >= 15 is 0 Å². The molecular formula is C10H6F3NO4S. The summed E-state index contributed by atoms with van der Waals surface area (Å²) in [6.07, 6.45) is -0.187. The molecule has 0 amide bonds. The molecule has 1 heterocycles. The summed E-state index contributed by atoms with van der Waals surface area (Å²) >= 11 is 0. The molecule has 0 spiro atoms. The van der Waals surface area contributed by atoms with E-state index in [4.69, 9.17) is 9.52 Å². The summed E-state index contributed by atoms with van der Waals surface area (Å²) in [5.41, 5.74) is -5.27. The molecule has 5 nitrogen and oxygen atoms in total. The van der Waals surface area contributed by atoms with Gasteiger partial charge in [-0.05, 0) is 12.1 Å². The molecule has 9 heteroatoms. The van der Waals surface area contributed by atoms with Crippen LogP contribution in [0.1, 0.15) is 5.89 Å². The number of hydrogen-bond acceptors (Lipinski definition) is 5. The number of rotatable bonds is 2. The Morgan fingerprint density at radius 2 is 1.95 bits per heavy atom. The van der Waals surface area contributed by atoms with Crippen molar-refractivity contribution in [2.45, 2.75) is 5.51 Å². The Kier molecular flexibility index (Phi) is 3.01. The van der Waals surface area contributed by atoms with E-state index in [1.165, 1.54) is 18.2 Å². The molecular weight excluding hydrogens is 287 g/mol. The molecule has 0 bridgehead atoms. The Morgan fingerprint density at radius 3 is 2.47 bits per heavy atom. The highest BCUT2D eigenvalue weighted by molar-refractivity contribution is 8.01. The number of para-hydroxylation sites is 2. The van der Waals surface area contributed by atoms with Gasteiger partial charge in [0.2, 0.25) is 5.89 Å². The number of fused-ring (bicyclic) bond motifs is 1. The predicted molar refractivity (Wildman–Crippen MR) is 59.6 cm³/mol. The second-order valence-electron chi connectivity index (χ2n) is 3.43. The van der Waals surface area contributed by atoms with E-state index in [0.29, 0.717) is 0 Å². The largest absolute Gasteiger partial charge is 0.514 e. The Hall–Kier alpha value is -2.03. The second kappa shape index (κ2) is 4.26. The standard InChI is InChI=1S/C10H6F3NO4S/c11-10(12,13)19(16,17)8(5-15)9-14-6-3-1-2-4-7(6)18-9/h1-5,15H/b8-5-. The van der Waals surface area contributed by atoms with E-state index in [1.807, 2.05) is 0 Å². The first kappa shape index (κ1) is 13.4. The van der Waals surface area contributed by atoms with Crippen molar-refractivity contribution in [3.8, 4) is 0 Å². The number of aliphatic hydroxyl groups is 1. The molecule has 0 saturated heterocycles. The van der Waals surface area contributed by atoms with E-state index in [0.717, 1.165) is 0 Å². The van der Waals surface area contributed by atoms with Crippen LogP contribution in [0, 0.1) is 0 Å². The summed E-state index contributed by atoms with van der Waals surface area (Å²) in [7, 11) is -5.73. The maximum absolute atomic E-state index is 12.4. The molecule has 0 saturated carbocycles. The molecule has 0 aliphatic carbocycles. The minimum Gasteiger partial charge on any atom is -0.514 e. The third-order valence-electron chi connectivity index (χ3n) is 2.22. The number of hydrogen-bond donors (Lipinski definition) is 1. The fourth-order valence-corrected chi connectivity index (χ4v) is 2.05. The van der Waals surface area contributed by atoms with Crippen molar-refractivity contribution < 1.29 is 31.1 Å². The van der Waals surface area contributed by atoms with Crippen molar-refractivity contribution in [3.05, 3.63) is 36.4 Å². The van der Waals surface area contributed by atoms with Crippen molar-refractivity contribution in [1.29, 1.82) is 0 Å². The number of halogens is 3. The molecule has 0 fully saturated rings. The number of nitrogens with zero attached hydrogens (tertiary/aromatic N) is 1. The zero-order valence-electron chi connectivity index (χ0n) is 9.05. The van der Waals surface area contributed by atoms with Gasteiger partial charge in [0.25, 0.3) is 9.84 Å². The van der Waals surface area contributed by atoms with Crippen molar-refractivity contribution in [1.82, 2.24) is 4.98 Å². The Balaban J connectivity index is 2.62. The van der Waals surface area contributed by atoms with Crippen LogP contribution in [0.2, 0.25) is 0 Å². The molecule has 0 radical (unpaired) electrons. The lowest BCUT2D eigenvalue weighted by molar-refractivity contribution is -0.0421. The highest BCUT2D eigenvalue weighted by Gasteiger charge is 2.50. The normalized spacial score (nSPS) is 13.9. The topological polar surface area (TPSA) is 80.4 Å². The fraction of sp³-hybridized carbons (Fsp3) is 0.100. The lowest BCUT2D eigenvalue weighted by atomic mass is 10.3. The number of oxazole rings is 1. The van der Waals surface area contributed by atoms with E-state index in [-0.39, 0.29) is 17.4 Å². The van der Waals surface area contributed by atoms with E-state index < -0.39 is 26.1 Å². The third-order valence-corrected chi connectivity index (χ3v) is 3.68. The van der Waals surface area contributed by atoms with Crippen molar-refractivity contribution in [2.24, 2.45) is 0 Å². The zero-order chi connectivity index (χ0) is 14.3. The molecule has 0 aliphatic rings. The van der Waals surface area contributed by atoms with Crippen LogP contribution in [0.15, 0.2) is 34.9 Å². The van der Waals surface area contributed by atoms with Crippen LogP contribution in [0.25, 0.3) is 16.0 Å². The van der Waals surface area contributed by atoms with Gasteiger partial charge in [0.05, 0.1) is 0 Å². The fourth-order valence-electron chi connectivity index (χ4n) is 1.34. The average Bonchev–Trinajstić information content (AvgIpc) is 2.71. The van der Waals surface area contributed by atoms with Crippen LogP contribution in [0.3, 0.4) is 0 Å². The Morgan fingerprint density at radius 1 is 1.32 bits per heavy atom. The van der Waals surface area contributed by atoms with Gasteiger partial charge >= 0.3 is 5.51 Å². The van der Waals surface area contributed by atoms with Gasteiger partial charge in [0.1, 0.15) is 11.8 Å². The van der Waals surface area contributed by atoms with Gasteiger partial charge in [-0.15, -0.1) is 0 Å². The molecule has 0 atom stereocenters. The van der Waals surface area contributed by atoms with Crippen LogP contribution in [-0.4, -0.2) is 24.0 Å². The van der Waals surface area contributed by atoms with Gasteiger partial charge in [0.15, 0.2) is 10.5 Å². The number of alkyl halides is 3. The van der Waals surface area contributed by atoms with Crippen LogP contribution in [-0.2, 0) is 9.84 Å². The highest BCUT2D eigenvalue weighted by Crippen LogP contribution is 2.35. The van der Waals surface area contributed by atoms with Gasteiger partial charge in [-0.2, -0.15) is 13.2 Å². The smallest absolute Gasteiger partial charge is 0.502 e. The zero-order valence-corrected chi connectivity index (χ0v) is 9.86. The van der Waals surface area contributed by atoms with E-state index in [1.54, 1.807) is 6.07 Å². The van der Waals surface area contributed by atoms with Crippen LogP contribution >= 0.6 is 0 Å². The van der Waals surface area contributed by atoms with E-state index in [2.05, 4.69) is 4.98 Å². The number of aliphatic hydroxyl groups excluding tert-OH is 1. The number of benzene rings is 1. The van der Waals surface area contributed by atoms with Crippen molar-refractivity contribution in [2.75, 3.05) is 0 Å². The Bertz CT molecular complexity index is 712. The maximum Gasteiger partial charge on any atom is 0.502 e. The van der Waals surface area contributed by atoms with Gasteiger partial charge in [-0.3, -0.25) is 0 Å². The minimum absolute atomic E-state index is 0.106. The lowest BCUT2D eigenvalue weighted by Crippen LogP contribution is -2.24. The molecule has 1 aromatic carbocycles. The molecule has 102 valence electrons. The minimum atomic E-state index is -5.73. The summed E-state index contributed by atoms with van der Waals surface area (Å²) in [6, 6.07) is 5.92. The molecule has 2 aromatic rings. The van der Waals surface area contributed by atoms with Gasteiger partial charge < -0.3 is 9.52 Å². The summed E-state index contributed by atoms with van der Waals surface area (Å²) in [4.78, 5) is 2.16. The number of sulfone groups is 1. The van der Waals surface area contributed by atoms with Crippen LogP contribution in [0.4, 0.5) is 13.2 Å². The molecule has 1 N–H and O–H groups in total. The van der Waals surface area contributed by atoms with Crippen LogP contribution in [0.5, 0.6) is 0 Å². The summed E-state index contributed by atoms with van der Waals surface area (Å²) in [5.74, 6) is -0.818. The van der Waals surface area contributed by atoms with Crippen LogP contribution < -0.4 is 0 Å². The monoisotopic (exact) mass is 293 g/mol. The highest BCUT2D eigenvalue weighted by atomic mass is 32.2. The van der Waals surface area contributed by atoms with Crippen molar-refractivity contribution in [3.63, 3.8) is 0 Å². The first-order valence-electron chi connectivity index (χ1n) is 4.79.